The van der Waals surface area contributed by atoms with E-state index in [9.17, 15) is 13.2 Å². The smallest absolute Gasteiger partial charge is 0.240 e. The summed E-state index contributed by atoms with van der Waals surface area (Å²) in [5.74, 6) is 1.23. The molecule has 3 rings (SSSR count). The van der Waals surface area contributed by atoms with Crippen molar-refractivity contribution in [2.75, 3.05) is 19.6 Å². The van der Waals surface area contributed by atoms with E-state index in [4.69, 9.17) is 0 Å². The summed E-state index contributed by atoms with van der Waals surface area (Å²) in [6, 6.07) is 16.4. The second-order valence-corrected chi connectivity index (χ2v) is 10.4. The van der Waals surface area contributed by atoms with E-state index in [1.54, 1.807) is 18.2 Å². The van der Waals surface area contributed by atoms with Crippen molar-refractivity contribution in [2.24, 2.45) is 11.8 Å². The summed E-state index contributed by atoms with van der Waals surface area (Å²) in [6.45, 7) is 8.21. The monoisotopic (exact) mass is 443 g/mol. The third-order valence-electron chi connectivity index (χ3n) is 5.63. The molecule has 0 aromatic heterocycles. The Labute approximate surface area is 186 Å². The standard InChI is InChI=1S/C24H33N3O3S/c1-19-14-20(2)17-27(16-19)18-22-9-7-6-8-21(22)15-25-24(28)12-13-26-31(29,30)23-10-4-3-5-11-23/h3-11,19-20,26H,12-18H2,1-2H3,(H,25,28). The summed E-state index contributed by atoms with van der Waals surface area (Å²) in [5, 5.41) is 2.93. The van der Waals surface area contributed by atoms with Crippen LogP contribution < -0.4 is 10.0 Å². The van der Waals surface area contributed by atoms with Crippen molar-refractivity contribution in [3.05, 3.63) is 65.7 Å². The van der Waals surface area contributed by atoms with Crippen LogP contribution in [-0.4, -0.2) is 38.9 Å². The van der Waals surface area contributed by atoms with Gasteiger partial charge in [-0.3, -0.25) is 9.69 Å². The number of piperidine rings is 1. The van der Waals surface area contributed by atoms with Crippen LogP contribution in [0.15, 0.2) is 59.5 Å². The molecule has 1 fully saturated rings. The van der Waals surface area contributed by atoms with Gasteiger partial charge in [0.2, 0.25) is 15.9 Å². The molecule has 0 bridgehead atoms. The molecule has 0 spiro atoms. The van der Waals surface area contributed by atoms with Crippen LogP contribution in [0.1, 0.15) is 37.8 Å². The average molecular weight is 444 g/mol. The van der Waals surface area contributed by atoms with E-state index < -0.39 is 10.0 Å². The van der Waals surface area contributed by atoms with Gasteiger partial charge in [-0.15, -0.1) is 0 Å². The highest BCUT2D eigenvalue weighted by atomic mass is 32.2. The van der Waals surface area contributed by atoms with Crippen molar-refractivity contribution in [2.45, 2.75) is 44.7 Å². The summed E-state index contributed by atoms with van der Waals surface area (Å²) in [6.07, 6.45) is 1.37. The van der Waals surface area contributed by atoms with E-state index in [0.29, 0.717) is 18.4 Å². The molecule has 2 N–H and O–H groups in total. The van der Waals surface area contributed by atoms with Crippen molar-refractivity contribution in [3.63, 3.8) is 0 Å². The maximum absolute atomic E-state index is 12.3. The Morgan fingerprint density at radius 1 is 0.968 bits per heavy atom. The molecule has 2 aromatic rings. The first-order chi connectivity index (χ1) is 14.8. The van der Waals surface area contributed by atoms with Crippen molar-refractivity contribution >= 4 is 15.9 Å². The molecule has 6 nitrogen and oxygen atoms in total. The first-order valence-corrected chi connectivity index (χ1v) is 12.4. The number of nitrogens with one attached hydrogen (secondary N) is 2. The van der Waals surface area contributed by atoms with Gasteiger partial charge in [-0.1, -0.05) is 56.3 Å². The van der Waals surface area contributed by atoms with E-state index in [1.165, 1.54) is 24.1 Å². The lowest BCUT2D eigenvalue weighted by molar-refractivity contribution is -0.121. The lowest BCUT2D eigenvalue weighted by Gasteiger charge is -2.35. The summed E-state index contributed by atoms with van der Waals surface area (Å²) < 4.78 is 26.9. The minimum Gasteiger partial charge on any atom is -0.352 e. The topological polar surface area (TPSA) is 78.5 Å². The Morgan fingerprint density at radius 2 is 1.58 bits per heavy atom. The Morgan fingerprint density at radius 3 is 2.26 bits per heavy atom. The summed E-state index contributed by atoms with van der Waals surface area (Å²) in [4.78, 5) is 15.0. The van der Waals surface area contributed by atoms with Crippen LogP contribution in [0.4, 0.5) is 0 Å². The molecule has 168 valence electrons. The lowest BCUT2D eigenvalue weighted by Crippen LogP contribution is -2.38. The minimum absolute atomic E-state index is 0.0638. The fraction of sp³-hybridized carbons (Fsp3) is 0.458. The fourth-order valence-electron chi connectivity index (χ4n) is 4.31. The number of rotatable bonds is 9. The van der Waals surface area contributed by atoms with Crippen LogP contribution in [0.25, 0.3) is 0 Å². The molecule has 2 unspecified atom stereocenters. The summed E-state index contributed by atoms with van der Waals surface area (Å²) in [7, 11) is -3.59. The van der Waals surface area contributed by atoms with Gasteiger partial charge >= 0.3 is 0 Å². The molecule has 1 heterocycles. The fourth-order valence-corrected chi connectivity index (χ4v) is 5.36. The number of benzene rings is 2. The summed E-state index contributed by atoms with van der Waals surface area (Å²) in [5.41, 5.74) is 2.33. The highest BCUT2D eigenvalue weighted by molar-refractivity contribution is 7.89. The van der Waals surface area contributed by atoms with E-state index >= 15 is 0 Å². The molecule has 31 heavy (non-hydrogen) atoms. The normalized spacial score (nSPS) is 19.8. The molecular weight excluding hydrogens is 410 g/mol. The van der Waals surface area contributed by atoms with Gasteiger partial charge in [0.25, 0.3) is 0 Å². The van der Waals surface area contributed by atoms with Gasteiger partial charge in [-0.25, -0.2) is 13.1 Å². The molecule has 0 saturated carbocycles. The predicted octanol–water partition coefficient (Wildman–Crippen LogP) is 3.15. The van der Waals surface area contributed by atoms with Crippen LogP contribution in [0, 0.1) is 11.8 Å². The van der Waals surface area contributed by atoms with E-state index in [2.05, 4.69) is 34.9 Å². The van der Waals surface area contributed by atoms with Crippen molar-refractivity contribution < 1.29 is 13.2 Å². The minimum atomic E-state index is -3.59. The van der Waals surface area contributed by atoms with Crippen molar-refractivity contribution in [1.82, 2.24) is 14.9 Å². The largest absolute Gasteiger partial charge is 0.352 e. The SMILES string of the molecule is CC1CC(C)CN(Cc2ccccc2CNC(=O)CCNS(=O)(=O)c2ccccc2)C1. The van der Waals surface area contributed by atoms with Crippen molar-refractivity contribution in [1.29, 1.82) is 0 Å². The lowest BCUT2D eigenvalue weighted by atomic mass is 9.91. The second-order valence-electron chi connectivity index (χ2n) is 8.65. The van der Waals surface area contributed by atoms with Crippen LogP contribution in [0.3, 0.4) is 0 Å². The number of hydrogen-bond donors (Lipinski definition) is 2. The molecule has 1 aliphatic heterocycles. The third kappa shape index (κ3) is 7.16. The molecule has 0 aliphatic carbocycles. The van der Waals surface area contributed by atoms with E-state index in [1.807, 2.05) is 18.2 Å². The zero-order chi connectivity index (χ0) is 22.3. The highest BCUT2D eigenvalue weighted by Gasteiger charge is 2.22. The van der Waals surface area contributed by atoms with Crippen LogP contribution in [0.2, 0.25) is 0 Å². The molecule has 2 aromatic carbocycles. The Kier molecular flexibility index (Phi) is 8.23. The maximum atomic E-state index is 12.3. The maximum Gasteiger partial charge on any atom is 0.240 e. The number of hydrogen-bond acceptors (Lipinski definition) is 4. The van der Waals surface area contributed by atoms with Gasteiger partial charge in [-0.2, -0.15) is 0 Å². The molecule has 1 aliphatic rings. The van der Waals surface area contributed by atoms with Crippen LogP contribution in [0.5, 0.6) is 0 Å². The van der Waals surface area contributed by atoms with Gasteiger partial charge in [0, 0.05) is 39.1 Å². The number of nitrogens with zero attached hydrogens (tertiary/aromatic N) is 1. The number of carbonyl (C=O) groups excluding carboxylic acids is 1. The third-order valence-corrected chi connectivity index (χ3v) is 7.11. The number of amides is 1. The quantitative estimate of drug-likeness (QED) is 0.624. The van der Waals surface area contributed by atoms with Gasteiger partial charge in [0.15, 0.2) is 0 Å². The Balaban J connectivity index is 1.48. The average Bonchev–Trinajstić information content (AvgIpc) is 2.73. The molecule has 1 saturated heterocycles. The second kappa shape index (κ2) is 10.9. The number of likely N-dealkylation sites (tertiary alicyclic amines) is 1. The molecule has 1 amide bonds. The predicted molar refractivity (Wildman–Crippen MR) is 123 cm³/mol. The molecular formula is C24H33N3O3S. The van der Waals surface area contributed by atoms with Gasteiger partial charge in [-0.05, 0) is 41.5 Å². The Hall–Kier alpha value is -2.22. The van der Waals surface area contributed by atoms with Gasteiger partial charge in [0.05, 0.1) is 4.90 Å². The zero-order valence-corrected chi connectivity index (χ0v) is 19.2. The molecule has 7 heteroatoms. The Bertz CT molecular complexity index is 953. The summed E-state index contributed by atoms with van der Waals surface area (Å²) >= 11 is 0. The van der Waals surface area contributed by atoms with E-state index in [-0.39, 0.29) is 23.8 Å². The number of carbonyl (C=O) groups is 1. The first-order valence-electron chi connectivity index (χ1n) is 10.9. The highest BCUT2D eigenvalue weighted by Crippen LogP contribution is 2.23. The first kappa shape index (κ1) is 23.4. The van der Waals surface area contributed by atoms with Crippen LogP contribution >= 0.6 is 0 Å². The van der Waals surface area contributed by atoms with Crippen molar-refractivity contribution in [3.8, 4) is 0 Å². The van der Waals surface area contributed by atoms with Crippen LogP contribution in [-0.2, 0) is 27.9 Å². The van der Waals surface area contributed by atoms with Gasteiger partial charge in [0.1, 0.15) is 0 Å². The molecule has 0 radical (unpaired) electrons. The zero-order valence-electron chi connectivity index (χ0n) is 18.4. The van der Waals surface area contributed by atoms with Gasteiger partial charge < -0.3 is 5.32 Å². The number of sulfonamides is 1. The van der Waals surface area contributed by atoms with E-state index in [0.717, 1.165) is 25.2 Å². The molecule has 2 atom stereocenters.